The monoisotopic (exact) mass is 521 g/mol. The summed E-state index contributed by atoms with van der Waals surface area (Å²) in [5, 5.41) is 17.4. The van der Waals surface area contributed by atoms with Crippen LogP contribution in [0, 0.1) is 17.7 Å². The molecule has 2 fully saturated rings. The van der Waals surface area contributed by atoms with Crippen LogP contribution >= 0.6 is 0 Å². The van der Waals surface area contributed by atoms with E-state index in [1.165, 1.54) is 12.1 Å². The Morgan fingerprint density at radius 1 is 1.16 bits per heavy atom. The second kappa shape index (κ2) is 11.7. The lowest BCUT2D eigenvalue weighted by atomic mass is 9.89. The molecule has 10 nitrogen and oxygen atoms in total. The number of tetrazole rings is 1. The lowest BCUT2D eigenvalue weighted by Crippen LogP contribution is -2.54. The highest BCUT2D eigenvalue weighted by atomic mass is 19.1. The molecule has 1 aromatic heterocycles. The first-order chi connectivity index (χ1) is 18.5. The van der Waals surface area contributed by atoms with Gasteiger partial charge in [-0.1, -0.05) is 24.3 Å². The molecule has 5 rings (SSSR count). The first-order valence-electron chi connectivity index (χ1n) is 13.0. The molecule has 2 aromatic carbocycles. The number of aryl methyl sites for hydroxylation is 1. The molecule has 0 radical (unpaired) electrons. The average molecular weight is 522 g/mol. The molecule has 0 spiro atoms. The summed E-state index contributed by atoms with van der Waals surface area (Å²) in [6, 6.07) is 13.1. The van der Waals surface area contributed by atoms with Gasteiger partial charge in [0.05, 0.1) is 12.5 Å². The molecule has 0 aliphatic carbocycles. The van der Waals surface area contributed by atoms with Gasteiger partial charge in [-0.05, 0) is 71.9 Å². The maximum atomic E-state index is 13.6. The van der Waals surface area contributed by atoms with Crippen molar-refractivity contribution in [1.82, 2.24) is 30.4 Å². The van der Waals surface area contributed by atoms with E-state index in [1.54, 1.807) is 23.9 Å². The number of urea groups is 1. The summed E-state index contributed by atoms with van der Waals surface area (Å²) in [5.41, 5.74) is 2.44. The van der Waals surface area contributed by atoms with E-state index >= 15 is 0 Å². The van der Waals surface area contributed by atoms with Gasteiger partial charge in [-0.3, -0.25) is 4.79 Å². The number of amides is 3. The fourth-order valence-corrected chi connectivity index (χ4v) is 5.32. The molecule has 3 heterocycles. The Labute approximate surface area is 220 Å². The van der Waals surface area contributed by atoms with Crippen molar-refractivity contribution < 1.29 is 18.7 Å². The molecule has 3 unspecified atom stereocenters. The number of aromatic nitrogens is 4. The summed E-state index contributed by atoms with van der Waals surface area (Å²) < 4.78 is 20.5. The summed E-state index contributed by atoms with van der Waals surface area (Å²) in [5.74, 6) is 0.215. The van der Waals surface area contributed by atoms with Crippen LogP contribution in [0.15, 0.2) is 48.5 Å². The molecule has 3 aromatic rings. The topological polar surface area (TPSA) is 114 Å². The molecule has 2 aliphatic rings. The second-order valence-corrected chi connectivity index (χ2v) is 10.0. The summed E-state index contributed by atoms with van der Waals surface area (Å²) in [6.07, 6.45) is 3.30. The van der Waals surface area contributed by atoms with Gasteiger partial charge in [0.15, 0.2) is 5.82 Å². The van der Waals surface area contributed by atoms with Crippen molar-refractivity contribution in [2.24, 2.45) is 18.9 Å². The first-order valence-corrected chi connectivity index (χ1v) is 13.0. The third kappa shape index (κ3) is 6.16. The Balaban J connectivity index is 1.19. The van der Waals surface area contributed by atoms with Crippen LogP contribution < -0.4 is 10.6 Å². The van der Waals surface area contributed by atoms with Crippen LogP contribution in [-0.4, -0.2) is 69.4 Å². The molecule has 0 bridgehead atoms. The van der Waals surface area contributed by atoms with E-state index in [0.717, 1.165) is 30.4 Å². The number of halogens is 1. The highest BCUT2D eigenvalue weighted by molar-refractivity contribution is 5.91. The van der Waals surface area contributed by atoms with Crippen molar-refractivity contribution in [3.63, 3.8) is 0 Å². The van der Waals surface area contributed by atoms with Crippen molar-refractivity contribution in [2.45, 2.75) is 31.7 Å². The third-order valence-electron chi connectivity index (χ3n) is 7.26. The van der Waals surface area contributed by atoms with Crippen molar-refractivity contribution in [1.29, 1.82) is 0 Å². The van der Waals surface area contributed by atoms with Gasteiger partial charge in [0.25, 0.3) is 0 Å². The predicted molar refractivity (Wildman–Crippen MR) is 139 cm³/mol. The minimum Gasteiger partial charge on any atom is -0.380 e. The molecule has 2 N–H and O–H groups in total. The van der Waals surface area contributed by atoms with E-state index < -0.39 is 5.92 Å². The normalized spacial score (nSPS) is 21.6. The lowest BCUT2D eigenvalue weighted by Gasteiger charge is -2.38. The largest absolute Gasteiger partial charge is 0.380 e. The van der Waals surface area contributed by atoms with Crippen LogP contribution in [0.2, 0.25) is 0 Å². The van der Waals surface area contributed by atoms with Crippen molar-refractivity contribution in [3.8, 4) is 11.4 Å². The number of nitrogens with zero attached hydrogens (tertiary/aromatic N) is 5. The van der Waals surface area contributed by atoms with Crippen LogP contribution in [-0.2, 0) is 23.0 Å². The van der Waals surface area contributed by atoms with Crippen LogP contribution in [0.4, 0.5) is 14.9 Å². The second-order valence-electron chi connectivity index (χ2n) is 10.0. The zero-order valence-electron chi connectivity index (χ0n) is 21.3. The quantitative estimate of drug-likeness (QED) is 0.516. The maximum absolute atomic E-state index is 13.6. The predicted octanol–water partition coefficient (Wildman–Crippen LogP) is 3.02. The standard InChI is InChI=1S/C27H32FN7O3/c1-34-25(31-32-33-34)20-5-2-6-22(15-20)29-27(37)30-24-11-13-38-17-23(24)26(36)35-12-3-4-19(16-35)14-18-7-9-21(28)10-8-18/h2,5-10,15,19,23-24H,3-4,11-14,16-17H2,1H3,(H2,29,30,37). The van der Waals surface area contributed by atoms with Gasteiger partial charge in [0, 0.05) is 44.0 Å². The van der Waals surface area contributed by atoms with E-state index in [1.807, 2.05) is 29.2 Å². The first kappa shape index (κ1) is 25.8. The Kier molecular flexibility index (Phi) is 7.92. The van der Waals surface area contributed by atoms with E-state index in [4.69, 9.17) is 4.74 Å². The number of benzene rings is 2. The van der Waals surface area contributed by atoms with Gasteiger partial charge >= 0.3 is 6.03 Å². The molecular weight excluding hydrogens is 489 g/mol. The summed E-state index contributed by atoms with van der Waals surface area (Å²) in [6.45, 7) is 2.10. The number of likely N-dealkylation sites (tertiary alicyclic amines) is 1. The number of carbonyl (C=O) groups is 2. The minimum atomic E-state index is -0.449. The van der Waals surface area contributed by atoms with Gasteiger partial charge in [-0.2, -0.15) is 0 Å². The summed E-state index contributed by atoms with van der Waals surface area (Å²) >= 11 is 0. The van der Waals surface area contributed by atoms with Crippen LogP contribution in [0.25, 0.3) is 11.4 Å². The summed E-state index contributed by atoms with van der Waals surface area (Å²) in [4.78, 5) is 28.4. The van der Waals surface area contributed by atoms with Gasteiger partial charge in [0.2, 0.25) is 5.91 Å². The number of hydrogen-bond donors (Lipinski definition) is 2. The number of rotatable bonds is 6. The molecule has 3 atom stereocenters. The Morgan fingerprint density at radius 3 is 2.79 bits per heavy atom. The third-order valence-corrected chi connectivity index (χ3v) is 7.26. The van der Waals surface area contributed by atoms with Gasteiger partial charge in [-0.15, -0.1) is 5.10 Å². The number of piperidine rings is 1. The van der Waals surface area contributed by atoms with E-state index in [-0.39, 0.29) is 30.4 Å². The highest BCUT2D eigenvalue weighted by Gasteiger charge is 2.37. The van der Waals surface area contributed by atoms with Crippen molar-refractivity contribution >= 4 is 17.6 Å². The van der Waals surface area contributed by atoms with Crippen molar-refractivity contribution in [2.75, 3.05) is 31.6 Å². The molecule has 38 heavy (non-hydrogen) atoms. The Morgan fingerprint density at radius 2 is 2.00 bits per heavy atom. The van der Waals surface area contributed by atoms with Crippen LogP contribution in [0.5, 0.6) is 0 Å². The molecule has 200 valence electrons. The molecule has 3 amide bonds. The number of nitrogens with one attached hydrogen (secondary N) is 2. The minimum absolute atomic E-state index is 0.00980. The van der Waals surface area contributed by atoms with Gasteiger partial charge < -0.3 is 20.3 Å². The molecule has 11 heteroatoms. The average Bonchev–Trinajstić information content (AvgIpc) is 3.36. The van der Waals surface area contributed by atoms with Gasteiger partial charge in [-0.25, -0.2) is 13.9 Å². The van der Waals surface area contributed by atoms with E-state index in [2.05, 4.69) is 26.2 Å². The van der Waals surface area contributed by atoms with E-state index in [9.17, 15) is 14.0 Å². The van der Waals surface area contributed by atoms with Crippen LogP contribution in [0.1, 0.15) is 24.8 Å². The Hall–Kier alpha value is -3.86. The van der Waals surface area contributed by atoms with E-state index in [0.29, 0.717) is 43.5 Å². The number of ether oxygens (including phenoxy) is 1. The fraction of sp³-hybridized carbons (Fsp3) is 0.444. The molecule has 2 aliphatic heterocycles. The fourth-order valence-electron chi connectivity index (χ4n) is 5.32. The molecule has 0 saturated carbocycles. The molecule has 2 saturated heterocycles. The zero-order valence-corrected chi connectivity index (χ0v) is 21.3. The highest BCUT2D eigenvalue weighted by Crippen LogP contribution is 2.25. The van der Waals surface area contributed by atoms with Crippen molar-refractivity contribution in [3.05, 3.63) is 59.9 Å². The number of carbonyl (C=O) groups excluding carboxylic acids is 2. The SMILES string of the molecule is Cn1nnnc1-c1cccc(NC(=O)NC2CCOCC2C(=O)N2CCCC(Cc3ccc(F)cc3)C2)c1. The zero-order chi connectivity index (χ0) is 26.5. The lowest BCUT2D eigenvalue weighted by molar-refractivity contribution is -0.142. The van der Waals surface area contributed by atoms with Crippen LogP contribution in [0.3, 0.4) is 0 Å². The smallest absolute Gasteiger partial charge is 0.319 e. The number of hydrogen-bond acceptors (Lipinski definition) is 6. The van der Waals surface area contributed by atoms with Gasteiger partial charge in [0.1, 0.15) is 5.82 Å². The molecular formula is C27H32FN7O3. The number of anilines is 1. The maximum Gasteiger partial charge on any atom is 0.319 e. The Bertz CT molecular complexity index is 1270. The summed E-state index contributed by atoms with van der Waals surface area (Å²) in [7, 11) is 1.75.